The Hall–Kier alpha value is -1.36. The van der Waals surface area contributed by atoms with E-state index in [9.17, 15) is 4.79 Å². The van der Waals surface area contributed by atoms with Gasteiger partial charge in [0.15, 0.2) is 0 Å². The number of nitrogens with zero attached hydrogens (tertiary/aromatic N) is 1. The van der Waals surface area contributed by atoms with Crippen LogP contribution in [0.15, 0.2) is 27.4 Å². The number of hydrogen-bond acceptors (Lipinski definition) is 4. The van der Waals surface area contributed by atoms with Gasteiger partial charge in [0.1, 0.15) is 6.26 Å². The molecule has 15 heavy (non-hydrogen) atoms. The minimum atomic E-state index is -0.375. The first kappa shape index (κ1) is 10.2. The van der Waals surface area contributed by atoms with E-state index in [1.165, 1.54) is 12.5 Å². The van der Waals surface area contributed by atoms with Crippen LogP contribution in [0.25, 0.3) is 11.1 Å². The van der Waals surface area contributed by atoms with E-state index >= 15 is 0 Å². The molecule has 0 aliphatic heterocycles. The molecule has 0 aliphatic carbocycles. The van der Waals surface area contributed by atoms with Crippen molar-refractivity contribution >= 4 is 33.0 Å². The summed E-state index contributed by atoms with van der Waals surface area (Å²) in [4.78, 5) is 15.4. The second kappa shape index (κ2) is 4.02. The molecule has 0 atom stereocenters. The van der Waals surface area contributed by atoms with Gasteiger partial charge in [-0.2, -0.15) is 0 Å². The molecule has 2 rings (SSSR count). The highest BCUT2D eigenvalue weighted by atomic mass is 79.9. The minimum absolute atomic E-state index is 0.351. The van der Waals surface area contributed by atoms with Gasteiger partial charge in [-0.1, -0.05) is 0 Å². The Labute approximate surface area is 94.4 Å². The first-order chi connectivity index (χ1) is 7.22. The van der Waals surface area contributed by atoms with E-state index in [0.29, 0.717) is 17.9 Å². The normalized spacial score (nSPS) is 10.5. The summed E-state index contributed by atoms with van der Waals surface area (Å²) in [6.07, 6.45) is 2.98. The van der Waals surface area contributed by atoms with Gasteiger partial charge in [0, 0.05) is 6.20 Å². The zero-order valence-electron chi connectivity index (χ0n) is 7.99. The quantitative estimate of drug-likeness (QED) is 0.787. The fraction of sp³-hybridized carbons (Fsp3) is 0.200. The van der Waals surface area contributed by atoms with Gasteiger partial charge >= 0.3 is 5.97 Å². The third-order valence-corrected chi connectivity index (χ3v) is 2.51. The number of hydrogen-bond donors (Lipinski definition) is 0. The molecule has 5 heteroatoms. The first-order valence-electron chi connectivity index (χ1n) is 4.42. The predicted octanol–water partition coefficient (Wildman–Crippen LogP) is 2.77. The number of furan rings is 1. The topological polar surface area (TPSA) is 52.3 Å². The fourth-order valence-corrected chi connectivity index (χ4v) is 1.59. The number of carbonyl (C=O) groups excluding carboxylic acids is 1. The average molecular weight is 270 g/mol. The molecule has 4 nitrogen and oxygen atoms in total. The predicted molar refractivity (Wildman–Crippen MR) is 57.7 cm³/mol. The van der Waals surface area contributed by atoms with Gasteiger partial charge in [-0.25, -0.2) is 9.78 Å². The first-order valence-corrected chi connectivity index (χ1v) is 5.21. The lowest BCUT2D eigenvalue weighted by atomic mass is 10.2. The third-order valence-electron chi connectivity index (χ3n) is 1.89. The summed E-state index contributed by atoms with van der Waals surface area (Å²) in [7, 11) is 0. The number of ether oxygens (including phenoxy) is 1. The van der Waals surface area contributed by atoms with Gasteiger partial charge in [-0.15, -0.1) is 0 Å². The monoisotopic (exact) mass is 269 g/mol. The highest BCUT2D eigenvalue weighted by Crippen LogP contribution is 2.25. The van der Waals surface area contributed by atoms with Crippen molar-refractivity contribution in [3.8, 4) is 0 Å². The molecule has 2 aromatic rings. The minimum Gasteiger partial charge on any atom is -0.462 e. The summed E-state index contributed by atoms with van der Waals surface area (Å²) >= 11 is 3.30. The van der Waals surface area contributed by atoms with Crippen LogP contribution >= 0.6 is 15.9 Å². The van der Waals surface area contributed by atoms with Gasteiger partial charge in [0.05, 0.1) is 22.0 Å². The van der Waals surface area contributed by atoms with Crippen molar-refractivity contribution < 1.29 is 13.9 Å². The number of carbonyl (C=O) groups is 1. The summed E-state index contributed by atoms with van der Waals surface area (Å²) in [5.41, 5.74) is 0.918. The Bertz CT molecular complexity index is 506. The zero-order valence-corrected chi connectivity index (χ0v) is 9.58. The number of pyridine rings is 1. The molecule has 2 aromatic heterocycles. The van der Waals surface area contributed by atoms with E-state index in [4.69, 9.17) is 9.15 Å². The molecule has 2 heterocycles. The zero-order chi connectivity index (χ0) is 10.8. The standard InChI is InChI=1S/C10H8BrNO3/c1-2-14-10(13)6-3-7-8(11)5-15-9(7)12-4-6/h3-5H,2H2,1H3. The molecule has 0 radical (unpaired) electrons. The lowest BCUT2D eigenvalue weighted by molar-refractivity contribution is 0.0526. The van der Waals surface area contributed by atoms with E-state index < -0.39 is 0 Å². The number of esters is 1. The highest BCUT2D eigenvalue weighted by molar-refractivity contribution is 9.10. The van der Waals surface area contributed by atoms with Crippen molar-refractivity contribution in [1.29, 1.82) is 0 Å². The van der Waals surface area contributed by atoms with Crippen LogP contribution in [0, 0.1) is 0 Å². The van der Waals surface area contributed by atoms with Crippen molar-refractivity contribution in [3.05, 3.63) is 28.6 Å². The molecule has 0 bridgehead atoms. The molecular weight excluding hydrogens is 262 g/mol. The summed E-state index contributed by atoms with van der Waals surface area (Å²) in [5, 5.41) is 0.764. The Balaban J connectivity index is 2.45. The molecule has 0 amide bonds. The van der Waals surface area contributed by atoms with Crippen LogP contribution in [0.3, 0.4) is 0 Å². The van der Waals surface area contributed by atoms with E-state index in [0.717, 1.165) is 9.86 Å². The lowest BCUT2D eigenvalue weighted by Gasteiger charge is -2.00. The maximum absolute atomic E-state index is 11.4. The molecular formula is C10H8BrNO3. The third kappa shape index (κ3) is 1.87. The number of fused-ring (bicyclic) bond motifs is 1. The van der Waals surface area contributed by atoms with Crippen LogP contribution < -0.4 is 0 Å². The molecule has 0 fully saturated rings. The molecule has 0 saturated carbocycles. The van der Waals surface area contributed by atoms with Crippen molar-refractivity contribution in [1.82, 2.24) is 4.98 Å². The van der Waals surface area contributed by atoms with Crippen LogP contribution in [0.2, 0.25) is 0 Å². The maximum atomic E-state index is 11.4. The second-order valence-corrected chi connectivity index (χ2v) is 3.74. The van der Waals surface area contributed by atoms with Crippen molar-refractivity contribution in [2.24, 2.45) is 0 Å². The van der Waals surface area contributed by atoms with Crippen LogP contribution in [-0.2, 0) is 4.74 Å². The second-order valence-electron chi connectivity index (χ2n) is 2.88. The highest BCUT2D eigenvalue weighted by Gasteiger charge is 2.11. The SMILES string of the molecule is CCOC(=O)c1cnc2occ(Br)c2c1. The average Bonchev–Trinajstić information content (AvgIpc) is 2.60. The van der Waals surface area contributed by atoms with Crippen molar-refractivity contribution in [3.63, 3.8) is 0 Å². The number of rotatable bonds is 2. The van der Waals surface area contributed by atoms with Crippen molar-refractivity contribution in [2.45, 2.75) is 6.92 Å². The Kier molecular flexibility index (Phi) is 2.73. The molecule has 78 valence electrons. The number of aromatic nitrogens is 1. The number of halogens is 1. The molecule has 0 spiro atoms. The van der Waals surface area contributed by atoms with Crippen molar-refractivity contribution in [2.75, 3.05) is 6.61 Å². The summed E-state index contributed by atoms with van der Waals surface area (Å²) in [6, 6.07) is 1.69. The largest absolute Gasteiger partial charge is 0.462 e. The van der Waals surface area contributed by atoms with Crippen LogP contribution in [0.4, 0.5) is 0 Å². The van der Waals surface area contributed by atoms with Gasteiger partial charge in [-0.05, 0) is 28.9 Å². The van der Waals surface area contributed by atoms with Crippen LogP contribution in [0.1, 0.15) is 17.3 Å². The molecule has 0 aromatic carbocycles. The summed E-state index contributed by atoms with van der Waals surface area (Å²) < 4.78 is 10.8. The van der Waals surface area contributed by atoms with Gasteiger partial charge in [-0.3, -0.25) is 0 Å². The van der Waals surface area contributed by atoms with Gasteiger partial charge in [0.2, 0.25) is 5.71 Å². The smallest absolute Gasteiger partial charge is 0.339 e. The van der Waals surface area contributed by atoms with E-state index in [-0.39, 0.29) is 5.97 Å². The Morgan fingerprint density at radius 1 is 1.67 bits per heavy atom. The molecule has 0 saturated heterocycles. The van der Waals surface area contributed by atoms with Gasteiger partial charge in [0.25, 0.3) is 0 Å². The Morgan fingerprint density at radius 2 is 2.47 bits per heavy atom. The van der Waals surface area contributed by atoms with Crippen LogP contribution in [-0.4, -0.2) is 17.6 Å². The summed E-state index contributed by atoms with van der Waals surface area (Å²) in [6.45, 7) is 2.11. The molecule has 0 unspecified atom stereocenters. The van der Waals surface area contributed by atoms with Gasteiger partial charge < -0.3 is 9.15 Å². The molecule has 0 N–H and O–H groups in total. The Morgan fingerprint density at radius 3 is 3.20 bits per heavy atom. The van der Waals surface area contributed by atoms with E-state index in [2.05, 4.69) is 20.9 Å². The fourth-order valence-electron chi connectivity index (χ4n) is 1.21. The maximum Gasteiger partial charge on any atom is 0.339 e. The lowest BCUT2D eigenvalue weighted by Crippen LogP contribution is -2.04. The molecule has 0 aliphatic rings. The summed E-state index contributed by atoms with van der Waals surface area (Å²) in [5.74, 6) is -0.375. The van der Waals surface area contributed by atoms with E-state index in [1.807, 2.05) is 0 Å². The van der Waals surface area contributed by atoms with Crippen LogP contribution in [0.5, 0.6) is 0 Å². The van der Waals surface area contributed by atoms with E-state index in [1.54, 1.807) is 13.0 Å².